The van der Waals surface area contributed by atoms with Crippen molar-refractivity contribution in [3.63, 3.8) is 0 Å². The molecule has 1 N–H and O–H groups in total. The monoisotopic (exact) mass is 321 g/mol. The Morgan fingerprint density at radius 2 is 1.54 bits per heavy atom. The normalized spacial score (nSPS) is 11.2. The van der Waals surface area contributed by atoms with E-state index in [0.29, 0.717) is 17.6 Å². The molecule has 0 bridgehead atoms. The van der Waals surface area contributed by atoms with Gasteiger partial charge in [-0.1, -0.05) is 55.4 Å². The lowest BCUT2D eigenvalue weighted by Crippen LogP contribution is -2.04. The Morgan fingerprint density at radius 3 is 2.17 bits per heavy atom. The highest BCUT2D eigenvalue weighted by molar-refractivity contribution is 5.60. The van der Waals surface area contributed by atoms with Crippen LogP contribution in [0.3, 0.4) is 0 Å². The van der Waals surface area contributed by atoms with Gasteiger partial charge < -0.3 is 9.84 Å². The summed E-state index contributed by atoms with van der Waals surface area (Å²) in [5.41, 5.74) is 4.47. The van der Waals surface area contributed by atoms with Crippen molar-refractivity contribution in [2.24, 2.45) is 5.92 Å². The lowest BCUT2D eigenvalue weighted by Gasteiger charge is -2.04. The first kappa shape index (κ1) is 16.4. The number of benzene rings is 2. The molecule has 0 spiro atoms. The predicted octanol–water partition coefficient (Wildman–Crippen LogP) is 4.32. The minimum atomic E-state index is 0.556. The zero-order chi connectivity index (χ0) is 16.9. The Morgan fingerprint density at radius 1 is 0.917 bits per heavy atom. The van der Waals surface area contributed by atoms with Crippen LogP contribution < -0.4 is 5.32 Å². The number of hydrogen-bond acceptors (Lipinski definition) is 4. The first-order valence-electron chi connectivity index (χ1n) is 8.32. The molecule has 24 heavy (non-hydrogen) atoms. The van der Waals surface area contributed by atoms with Gasteiger partial charge in [-0.05, 0) is 42.6 Å². The fourth-order valence-electron chi connectivity index (χ4n) is 2.69. The maximum atomic E-state index is 5.43. The van der Waals surface area contributed by atoms with Crippen LogP contribution in [0.4, 0.5) is 0 Å². The molecule has 0 aliphatic carbocycles. The van der Waals surface area contributed by atoms with Crippen LogP contribution in [0.25, 0.3) is 22.8 Å². The van der Waals surface area contributed by atoms with Gasteiger partial charge in [-0.3, -0.25) is 0 Å². The summed E-state index contributed by atoms with van der Waals surface area (Å²) < 4.78 is 5.43. The van der Waals surface area contributed by atoms with Crippen LogP contribution >= 0.6 is 0 Å². The Bertz CT molecular complexity index is 773. The average Bonchev–Trinajstić information content (AvgIpc) is 3.06. The minimum Gasteiger partial charge on any atom is -0.334 e. The molecule has 4 heteroatoms. The fraction of sp³-hybridized carbons (Fsp3) is 0.300. The molecule has 0 fully saturated rings. The molecule has 0 amide bonds. The topological polar surface area (TPSA) is 51.0 Å². The van der Waals surface area contributed by atoms with Crippen molar-refractivity contribution in [1.82, 2.24) is 15.5 Å². The fourth-order valence-corrected chi connectivity index (χ4v) is 2.69. The van der Waals surface area contributed by atoms with Gasteiger partial charge in [0.05, 0.1) is 0 Å². The van der Waals surface area contributed by atoms with E-state index < -0.39 is 0 Å². The first-order chi connectivity index (χ1) is 11.7. The maximum Gasteiger partial charge on any atom is 0.258 e. The van der Waals surface area contributed by atoms with E-state index in [2.05, 4.69) is 53.6 Å². The number of nitrogens with zero attached hydrogens (tertiary/aromatic N) is 2. The Balaban J connectivity index is 1.77. The lowest BCUT2D eigenvalue weighted by atomic mass is 10.0. The smallest absolute Gasteiger partial charge is 0.258 e. The summed E-state index contributed by atoms with van der Waals surface area (Å²) >= 11 is 0. The molecule has 0 atom stereocenters. The van der Waals surface area contributed by atoms with E-state index >= 15 is 0 Å². The van der Waals surface area contributed by atoms with Gasteiger partial charge in [0.1, 0.15) is 0 Å². The third-order valence-corrected chi connectivity index (χ3v) is 3.86. The highest BCUT2D eigenvalue weighted by Gasteiger charge is 2.10. The summed E-state index contributed by atoms with van der Waals surface area (Å²) in [6.45, 7) is 5.29. The predicted molar refractivity (Wildman–Crippen MR) is 96.5 cm³/mol. The number of nitrogens with one attached hydrogen (secondary N) is 1. The molecule has 1 aromatic heterocycles. The van der Waals surface area contributed by atoms with Crippen LogP contribution in [0.1, 0.15) is 25.0 Å². The summed E-state index contributed by atoms with van der Waals surface area (Å²) in [6, 6.07) is 16.5. The number of rotatable bonds is 6. The zero-order valence-corrected chi connectivity index (χ0v) is 14.4. The van der Waals surface area contributed by atoms with Gasteiger partial charge >= 0.3 is 0 Å². The number of aromatic nitrogens is 2. The van der Waals surface area contributed by atoms with Crippen molar-refractivity contribution in [3.05, 3.63) is 59.7 Å². The van der Waals surface area contributed by atoms with E-state index in [9.17, 15) is 0 Å². The Hall–Kier alpha value is -2.46. The molecular formula is C20H23N3O. The molecule has 0 aliphatic heterocycles. The van der Waals surface area contributed by atoms with Crippen molar-refractivity contribution < 1.29 is 4.52 Å². The Kier molecular flexibility index (Phi) is 5.06. The number of hydrogen-bond donors (Lipinski definition) is 1. The van der Waals surface area contributed by atoms with Crippen molar-refractivity contribution >= 4 is 0 Å². The molecule has 0 saturated heterocycles. The van der Waals surface area contributed by atoms with Gasteiger partial charge in [0, 0.05) is 17.7 Å². The second-order valence-corrected chi connectivity index (χ2v) is 6.45. The minimum absolute atomic E-state index is 0.556. The Labute approximate surface area is 142 Å². The lowest BCUT2D eigenvalue weighted by molar-refractivity contribution is 0.432. The van der Waals surface area contributed by atoms with Crippen LogP contribution in [-0.2, 0) is 13.0 Å². The van der Waals surface area contributed by atoms with Gasteiger partial charge in [0.2, 0.25) is 5.82 Å². The van der Waals surface area contributed by atoms with Crippen LogP contribution in [-0.4, -0.2) is 17.2 Å². The van der Waals surface area contributed by atoms with E-state index in [0.717, 1.165) is 24.1 Å². The van der Waals surface area contributed by atoms with E-state index in [4.69, 9.17) is 4.52 Å². The first-order valence-corrected chi connectivity index (χ1v) is 8.32. The molecule has 3 rings (SSSR count). The molecule has 0 radical (unpaired) electrons. The summed E-state index contributed by atoms with van der Waals surface area (Å²) in [4.78, 5) is 4.52. The summed E-state index contributed by atoms with van der Waals surface area (Å²) in [5, 5.41) is 7.24. The van der Waals surface area contributed by atoms with Crippen molar-refractivity contribution in [1.29, 1.82) is 0 Å². The molecule has 0 aliphatic rings. The van der Waals surface area contributed by atoms with Crippen LogP contribution in [0.2, 0.25) is 0 Å². The van der Waals surface area contributed by atoms with E-state index in [1.807, 2.05) is 31.3 Å². The summed E-state index contributed by atoms with van der Waals surface area (Å²) in [6.07, 6.45) is 1.08. The molecule has 124 valence electrons. The van der Waals surface area contributed by atoms with Crippen molar-refractivity contribution in [2.45, 2.75) is 26.8 Å². The van der Waals surface area contributed by atoms with Crippen LogP contribution in [0.15, 0.2) is 53.1 Å². The highest BCUT2D eigenvalue weighted by atomic mass is 16.5. The molecule has 1 heterocycles. The van der Waals surface area contributed by atoms with E-state index in [1.54, 1.807) is 0 Å². The van der Waals surface area contributed by atoms with Crippen molar-refractivity contribution in [3.8, 4) is 22.8 Å². The van der Waals surface area contributed by atoms with Crippen LogP contribution in [0, 0.1) is 5.92 Å². The summed E-state index contributed by atoms with van der Waals surface area (Å²) in [7, 11) is 1.94. The molecule has 0 unspecified atom stereocenters. The van der Waals surface area contributed by atoms with Gasteiger partial charge in [-0.2, -0.15) is 4.98 Å². The third kappa shape index (κ3) is 3.89. The maximum absolute atomic E-state index is 5.43. The van der Waals surface area contributed by atoms with Gasteiger partial charge in [-0.15, -0.1) is 0 Å². The van der Waals surface area contributed by atoms with E-state index in [-0.39, 0.29) is 0 Å². The van der Waals surface area contributed by atoms with Crippen LogP contribution in [0.5, 0.6) is 0 Å². The largest absolute Gasteiger partial charge is 0.334 e. The molecule has 2 aromatic carbocycles. The second-order valence-electron chi connectivity index (χ2n) is 6.45. The standard InChI is InChI=1S/C20H23N3O/c1-14(2)12-15-4-10-18(11-5-15)20-22-19(23-24-20)17-8-6-16(7-9-17)13-21-3/h4-11,14,21H,12-13H2,1-3H3. The van der Waals surface area contributed by atoms with E-state index in [1.165, 1.54) is 11.1 Å². The SMILES string of the molecule is CNCc1ccc(-c2noc(-c3ccc(CC(C)C)cc3)n2)cc1. The quantitative estimate of drug-likeness (QED) is 0.734. The van der Waals surface area contributed by atoms with Crippen molar-refractivity contribution in [2.75, 3.05) is 7.05 Å². The molecule has 4 nitrogen and oxygen atoms in total. The molecule has 0 saturated carbocycles. The average molecular weight is 321 g/mol. The summed E-state index contributed by atoms with van der Waals surface area (Å²) in [5.74, 6) is 1.82. The van der Waals surface area contributed by atoms with Gasteiger partial charge in [-0.25, -0.2) is 0 Å². The van der Waals surface area contributed by atoms with Gasteiger partial charge in [0.15, 0.2) is 0 Å². The third-order valence-electron chi connectivity index (χ3n) is 3.86. The highest BCUT2D eigenvalue weighted by Crippen LogP contribution is 2.23. The second kappa shape index (κ2) is 7.41. The van der Waals surface area contributed by atoms with Gasteiger partial charge in [0.25, 0.3) is 5.89 Å². The zero-order valence-electron chi connectivity index (χ0n) is 14.4. The molecule has 3 aromatic rings. The molecular weight excluding hydrogens is 298 g/mol.